The molecule has 1 aromatic carbocycles. The van der Waals surface area contributed by atoms with Gasteiger partial charge >= 0.3 is 5.63 Å². The van der Waals surface area contributed by atoms with Crippen LogP contribution in [0, 0.1) is 6.92 Å². The Bertz CT molecular complexity index is 994. The smallest absolute Gasteiger partial charge is 0.336 e. The van der Waals surface area contributed by atoms with Crippen molar-refractivity contribution in [2.45, 2.75) is 26.3 Å². The predicted octanol–water partition coefficient (Wildman–Crippen LogP) is 3.65. The Balaban J connectivity index is 1.71. The number of hydrogen-bond donors (Lipinski definition) is 1. The van der Waals surface area contributed by atoms with E-state index in [-0.39, 0.29) is 24.0 Å². The van der Waals surface area contributed by atoms with Gasteiger partial charge in [0.15, 0.2) is 5.15 Å². The number of rotatable bonds is 5. The molecular weight excluding hydrogens is 367 g/mol. The summed E-state index contributed by atoms with van der Waals surface area (Å²) in [5.41, 5.74) is 1.41. The maximum Gasteiger partial charge on any atom is 0.336 e. The third kappa shape index (κ3) is 4.21. The van der Waals surface area contributed by atoms with Gasteiger partial charge in [0, 0.05) is 41.9 Å². The van der Waals surface area contributed by atoms with Gasteiger partial charge < -0.3 is 14.3 Å². The first-order chi connectivity index (χ1) is 11.9. The topological polar surface area (TPSA) is 85.3 Å². The Kier molecular flexibility index (Phi) is 5.11. The lowest BCUT2D eigenvalue weighted by atomic mass is 10.1. The Morgan fingerprint density at radius 2 is 2.04 bits per heavy atom. The minimum absolute atomic E-state index is 0.188. The van der Waals surface area contributed by atoms with E-state index in [9.17, 15) is 9.59 Å². The number of hydrogen-bond acceptors (Lipinski definition) is 5. The third-order valence-electron chi connectivity index (χ3n) is 3.71. The van der Waals surface area contributed by atoms with Crippen LogP contribution in [0.5, 0.6) is 0 Å². The number of carbonyl (C=O) groups excluding carboxylic acids is 1. The monoisotopic (exact) mass is 380 g/mol. The zero-order chi connectivity index (χ0) is 18.0. The second-order valence-electron chi connectivity index (χ2n) is 5.58. The molecule has 0 unspecified atom stereocenters. The van der Waals surface area contributed by atoms with E-state index in [1.54, 1.807) is 18.2 Å². The van der Waals surface area contributed by atoms with Gasteiger partial charge in [0.25, 0.3) is 0 Å². The highest BCUT2D eigenvalue weighted by molar-refractivity contribution is 6.32. The maximum atomic E-state index is 12.0. The summed E-state index contributed by atoms with van der Waals surface area (Å²) in [5, 5.41) is 7.83. The number of carbonyl (C=O) groups is 1. The number of amides is 1. The fourth-order valence-corrected chi connectivity index (χ4v) is 2.74. The van der Waals surface area contributed by atoms with Gasteiger partial charge in [-0.1, -0.05) is 28.4 Å². The minimum atomic E-state index is -0.477. The molecule has 0 aliphatic carbocycles. The largest absolute Gasteiger partial charge is 0.423 e. The fourth-order valence-electron chi connectivity index (χ4n) is 2.42. The Labute approximate surface area is 152 Å². The molecule has 1 N–H and O–H groups in total. The predicted molar refractivity (Wildman–Crippen MR) is 93.9 cm³/mol. The van der Waals surface area contributed by atoms with E-state index in [0.717, 1.165) is 5.56 Å². The molecule has 3 aromatic rings. The van der Waals surface area contributed by atoms with E-state index < -0.39 is 5.63 Å². The van der Waals surface area contributed by atoms with Crippen molar-refractivity contribution in [1.29, 1.82) is 0 Å². The number of aryl methyl sites for hydroxylation is 2. The zero-order valence-electron chi connectivity index (χ0n) is 13.3. The highest BCUT2D eigenvalue weighted by Crippen LogP contribution is 2.25. The van der Waals surface area contributed by atoms with E-state index in [1.807, 2.05) is 6.92 Å². The molecule has 0 aliphatic heterocycles. The second-order valence-corrected chi connectivity index (χ2v) is 6.38. The van der Waals surface area contributed by atoms with Gasteiger partial charge in [-0.15, -0.1) is 0 Å². The van der Waals surface area contributed by atoms with Crippen molar-refractivity contribution in [2.75, 3.05) is 0 Å². The molecule has 25 heavy (non-hydrogen) atoms. The summed E-state index contributed by atoms with van der Waals surface area (Å²) in [6, 6.07) is 6.35. The average molecular weight is 381 g/mol. The highest BCUT2D eigenvalue weighted by Gasteiger charge is 2.11. The van der Waals surface area contributed by atoms with E-state index >= 15 is 0 Å². The molecule has 0 bridgehead atoms. The molecule has 6 nitrogen and oxygen atoms in total. The van der Waals surface area contributed by atoms with Gasteiger partial charge in [0.1, 0.15) is 11.3 Å². The average Bonchev–Trinajstić information content (AvgIpc) is 2.98. The summed E-state index contributed by atoms with van der Waals surface area (Å²) in [7, 11) is 0. The standard InChI is InChI=1S/C17H14Cl2N2O4/c1-9-4-14-12(7-13(9)18)10(5-17(23)24-14)8-20-16(22)3-2-11-6-15(19)21-25-11/h4-7H,2-3,8H2,1H3,(H,20,22). The molecule has 0 atom stereocenters. The molecule has 2 heterocycles. The van der Waals surface area contributed by atoms with Gasteiger partial charge in [0.05, 0.1) is 0 Å². The first-order valence-electron chi connectivity index (χ1n) is 7.53. The van der Waals surface area contributed by atoms with E-state index in [2.05, 4.69) is 10.5 Å². The van der Waals surface area contributed by atoms with Gasteiger partial charge in [-0.25, -0.2) is 4.79 Å². The van der Waals surface area contributed by atoms with Gasteiger partial charge in [0.2, 0.25) is 5.91 Å². The summed E-state index contributed by atoms with van der Waals surface area (Å²) in [6.07, 6.45) is 0.596. The van der Waals surface area contributed by atoms with Crippen molar-refractivity contribution in [3.63, 3.8) is 0 Å². The van der Waals surface area contributed by atoms with Crippen molar-refractivity contribution >= 4 is 40.1 Å². The number of fused-ring (bicyclic) bond motifs is 1. The highest BCUT2D eigenvalue weighted by atomic mass is 35.5. The van der Waals surface area contributed by atoms with Gasteiger partial charge in [-0.3, -0.25) is 4.79 Å². The molecule has 0 fully saturated rings. The van der Waals surface area contributed by atoms with Crippen LogP contribution in [0.1, 0.15) is 23.3 Å². The van der Waals surface area contributed by atoms with E-state index in [1.165, 1.54) is 6.07 Å². The quantitative estimate of drug-likeness (QED) is 0.682. The van der Waals surface area contributed by atoms with E-state index in [0.29, 0.717) is 33.7 Å². The van der Waals surface area contributed by atoms with Crippen LogP contribution in [0.2, 0.25) is 10.2 Å². The normalized spacial score (nSPS) is 11.0. The van der Waals surface area contributed by atoms with Crippen LogP contribution in [0.15, 0.2) is 38.0 Å². The van der Waals surface area contributed by atoms with Gasteiger partial charge in [-0.05, 0) is 30.2 Å². The van der Waals surface area contributed by atoms with Crippen LogP contribution in [0.4, 0.5) is 0 Å². The molecule has 8 heteroatoms. The molecule has 0 aliphatic rings. The SMILES string of the molecule is Cc1cc2oc(=O)cc(CNC(=O)CCc3cc(Cl)no3)c2cc1Cl. The molecule has 0 radical (unpaired) electrons. The summed E-state index contributed by atoms with van der Waals surface area (Å²) in [4.78, 5) is 23.7. The molecular formula is C17H14Cl2N2O4. The van der Waals surface area contributed by atoms with Crippen molar-refractivity contribution in [3.05, 3.63) is 61.7 Å². The first kappa shape index (κ1) is 17.5. The Hall–Kier alpha value is -2.31. The second kappa shape index (κ2) is 7.29. The van der Waals surface area contributed by atoms with Crippen LogP contribution >= 0.6 is 23.2 Å². The summed E-state index contributed by atoms with van der Waals surface area (Å²) in [6.45, 7) is 2.02. The number of nitrogens with zero attached hydrogens (tertiary/aromatic N) is 1. The van der Waals surface area contributed by atoms with Crippen LogP contribution in [-0.2, 0) is 17.8 Å². The first-order valence-corrected chi connectivity index (χ1v) is 8.28. The molecule has 3 rings (SSSR count). The Morgan fingerprint density at radius 1 is 1.24 bits per heavy atom. The lowest BCUT2D eigenvalue weighted by molar-refractivity contribution is -0.121. The van der Waals surface area contributed by atoms with Crippen molar-refractivity contribution < 1.29 is 13.7 Å². The maximum absolute atomic E-state index is 12.0. The molecule has 0 spiro atoms. The summed E-state index contributed by atoms with van der Waals surface area (Å²) >= 11 is 11.8. The minimum Gasteiger partial charge on any atom is -0.423 e. The van der Waals surface area contributed by atoms with Crippen LogP contribution < -0.4 is 10.9 Å². The Morgan fingerprint density at radius 3 is 2.76 bits per heavy atom. The van der Waals surface area contributed by atoms with Crippen LogP contribution in [0.25, 0.3) is 11.0 Å². The fraction of sp³-hybridized carbons (Fsp3) is 0.235. The molecule has 0 saturated carbocycles. The number of nitrogens with one attached hydrogen (secondary N) is 1. The summed E-state index contributed by atoms with van der Waals surface area (Å²) < 4.78 is 10.1. The zero-order valence-corrected chi connectivity index (χ0v) is 14.8. The van der Waals surface area contributed by atoms with Crippen LogP contribution in [-0.4, -0.2) is 11.1 Å². The van der Waals surface area contributed by atoms with Gasteiger partial charge in [-0.2, -0.15) is 0 Å². The summed E-state index contributed by atoms with van der Waals surface area (Å²) in [5.74, 6) is 0.348. The number of benzene rings is 1. The lowest BCUT2D eigenvalue weighted by Gasteiger charge is -2.08. The van der Waals surface area contributed by atoms with Crippen molar-refractivity contribution in [3.8, 4) is 0 Å². The molecule has 0 saturated heterocycles. The molecule has 1 amide bonds. The number of aromatic nitrogens is 1. The lowest BCUT2D eigenvalue weighted by Crippen LogP contribution is -2.23. The van der Waals surface area contributed by atoms with Crippen molar-refractivity contribution in [1.82, 2.24) is 10.5 Å². The van der Waals surface area contributed by atoms with Crippen LogP contribution in [0.3, 0.4) is 0 Å². The third-order valence-corrected chi connectivity index (χ3v) is 4.30. The molecule has 130 valence electrons. The molecule has 2 aromatic heterocycles. The number of halogens is 2. The van der Waals surface area contributed by atoms with E-state index in [4.69, 9.17) is 32.1 Å². The van der Waals surface area contributed by atoms with Crippen molar-refractivity contribution in [2.24, 2.45) is 0 Å².